The molecule has 0 saturated heterocycles. The molecule has 0 bridgehead atoms. The minimum Gasteiger partial charge on any atom is -0.496 e. The number of nitrogens with one attached hydrogen (secondary N) is 1. The van der Waals surface area contributed by atoms with Gasteiger partial charge in [0.15, 0.2) is 0 Å². The van der Waals surface area contributed by atoms with E-state index in [4.69, 9.17) is 9.72 Å². The maximum Gasteiger partial charge on any atom is 0.129 e. The molecule has 0 amide bonds. The first-order valence-corrected chi connectivity index (χ1v) is 8.44. The molecular formula is C17H24N2OS. The Balaban J connectivity index is 2.19. The number of ether oxygens (including phenoxy) is 1. The Morgan fingerprint density at radius 3 is 2.76 bits per heavy atom. The van der Waals surface area contributed by atoms with Gasteiger partial charge in [0.05, 0.1) is 18.4 Å². The van der Waals surface area contributed by atoms with Crippen molar-refractivity contribution >= 4 is 11.3 Å². The second kappa shape index (κ2) is 8.15. The molecule has 0 aliphatic rings. The fourth-order valence-corrected chi connectivity index (χ4v) is 3.39. The van der Waals surface area contributed by atoms with Gasteiger partial charge in [-0.15, -0.1) is 11.3 Å². The average molecular weight is 304 g/mol. The summed E-state index contributed by atoms with van der Waals surface area (Å²) in [5.74, 6) is 0.888. The Hall–Kier alpha value is -1.39. The van der Waals surface area contributed by atoms with E-state index in [0.717, 1.165) is 35.8 Å². The van der Waals surface area contributed by atoms with Gasteiger partial charge in [-0.1, -0.05) is 32.4 Å². The molecule has 4 heteroatoms. The van der Waals surface area contributed by atoms with Gasteiger partial charge in [0.1, 0.15) is 10.8 Å². The lowest BCUT2D eigenvalue weighted by Crippen LogP contribution is -2.14. The normalized spacial score (nSPS) is 10.8. The minimum atomic E-state index is 0.888. The molecule has 21 heavy (non-hydrogen) atoms. The van der Waals surface area contributed by atoms with E-state index in [1.807, 2.05) is 18.2 Å². The molecule has 0 aliphatic heterocycles. The molecule has 114 valence electrons. The number of benzene rings is 1. The van der Waals surface area contributed by atoms with Crippen molar-refractivity contribution in [1.82, 2.24) is 10.3 Å². The van der Waals surface area contributed by atoms with Crippen molar-refractivity contribution in [3.63, 3.8) is 0 Å². The molecule has 1 heterocycles. The largest absolute Gasteiger partial charge is 0.496 e. The van der Waals surface area contributed by atoms with Crippen molar-refractivity contribution in [2.75, 3.05) is 13.7 Å². The highest BCUT2D eigenvalue weighted by Gasteiger charge is 2.13. The number of methoxy groups -OCH3 is 1. The zero-order valence-corrected chi connectivity index (χ0v) is 13.9. The molecule has 2 rings (SSSR count). The van der Waals surface area contributed by atoms with E-state index < -0.39 is 0 Å². The van der Waals surface area contributed by atoms with Crippen LogP contribution in [0.2, 0.25) is 0 Å². The molecule has 0 atom stereocenters. The third-order valence-corrected chi connectivity index (χ3v) is 4.57. The monoisotopic (exact) mass is 304 g/mol. The summed E-state index contributed by atoms with van der Waals surface area (Å²) in [6, 6.07) is 8.08. The van der Waals surface area contributed by atoms with Crippen molar-refractivity contribution in [2.45, 2.75) is 39.7 Å². The van der Waals surface area contributed by atoms with E-state index >= 15 is 0 Å². The third kappa shape index (κ3) is 4.05. The van der Waals surface area contributed by atoms with Gasteiger partial charge >= 0.3 is 0 Å². The first-order valence-electron chi connectivity index (χ1n) is 7.62. The molecule has 0 radical (unpaired) electrons. The van der Waals surface area contributed by atoms with Crippen molar-refractivity contribution in [3.05, 3.63) is 34.8 Å². The van der Waals surface area contributed by atoms with Gasteiger partial charge in [-0.3, -0.25) is 0 Å². The Labute approximate surface area is 131 Å². The maximum atomic E-state index is 5.45. The fraction of sp³-hybridized carbons (Fsp3) is 0.471. The van der Waals surface area contributed by atoms with Crippen LogP contribution in [-0.2, 0) is 13.0 Å². The van der Waals surface area contributed by atoms with Crippen LogP contribution in [0.5, 0.6) is 5.75 Å². The van der Waals surface area contributed by atoms with Gasteiger partial charge in [0.25, 0.3) is 0 Å². The highest BCUT2D eigenvalue weighted by molar-refractivity contribution is 7.15. The second-order valence-electron chi connectivity index (χ2n) is 4.97. The Bertz CT molecular complexity index is 566. The van der Waals surface area contributed by atoms with Gasteiger partial charge < -0.3 is 10.1 Å². The predicted molar refractivity (Wildman–Crippen MR) is 90.1 cm³/mol. The van der Waals surface area contributed by atoms with Crippen molar-refractivity contribution < 1.29 is 4.74 Å². The molecule has 0 saturated carbocycles. The van der Waals surface area contributed by atoms with Crippen LogP contribution in [0.15, 0.2) is 24.3 Å². The van der Waals surface area contributed by atoms with Crippen LogP contribution in [0.3, 0.4) is 0 Å². The number of nitrogens with zero attached hydrogens (tertiary/aromatic N) is 1. The van der Waals surface area contributed by atoms with E-state index in [0.29, 0.717) is 0 Å². The quantitative estimate of drug-likeness (QED) is 0.740. The summed E-state index contributed by atoms with van der Waals surface area (Å²) in [6.07, 6.45) is 3.42. The smallest absolute Gasteiger partial charge is 0.129 e. The van der Waals surface area contributed by atoms with E-state index in [-0.39, 0.29) is 0 Å². The number of aryl methyl sites for hydroxylation is 1. The molecule has 0 aliphatic carbocycles. The summed E-state index contributed by atoms with van der Waals surface area (Å²) in [5.41, 5.74) is 2.28. The van der Waals surface area contributed by atoms with Gasteiger partial charge in [-0.2, -0.15) is 0 Å². The summed E-state index contributed by atoms with van der Waals surface area (Å²) >= 11 is 1.77. The standard InChI is InChI=1S/C17H24N2OS/c1-4-6-11-18-12-16-14(5-2)19-17(21-16)13-9-7-8-10-15(13)20-3/h7-10,18H,4-6,11-12H2,1-3H3. The first-order chi connectivity index (χ1) is 10.3. The van der Waals surface area contributed by atoms with Crippen LogP contribution in [0.25, 0.3) is 10.6 Å². The molecule has 3 nitrogen and oxygen atoms in total. The zero-order chi connectivity index (χ0) is 15.1. The number of para-hydroxylation sites is 1. The Morgan fingerprint density at radius 1 is 1.24 bits per heavy atom. The van der Waals surface area contributed by atoms with E-state index in [9.17, 15) is 0 Å². The van der Waals surface area contributed by atoms with Gasteiger partial charge in [-0.25, -0.2) is 4.98 Å². The van der Waals surface area contributed by atoms with Crippen LogP contribution in [-0.4, -0.2) is 18.6 Å². The van der Waals surface area contributed by atoms with Gasteiger partial charge in [0, 0.05) is 11.4 Å². The zero-order valence-electron chi connectivity index (χ0n) is 13.1. The topological polar surface area (TPSA) is 34.1 Å². The lowest BCUT2D eigenvalue weighted by molar-refractivity contribution is 0.416. The van der Waals surface area contributed by atoms with Crippen molar-refractivity contribution in [3.8, 4) is 16.3 Å². The first kappa shape index (κ1) is 16.0. The molecule has 0 spiro atoms. The molecular weight excluding hydrogens is 280 g/mol. The van der Waals surface area contributed by atoms with Crippen LogP contribution in [0.4, 0.5) is 0 Å². The van der Waals surface area contributed by atoms with E-state index in [1.165, 1.54) is 23.4 Å². The van der Waals surface area contributed by atoms with E-state index in [2.05, 4.69) is 25.2 Å². The van der Waals surface area contributed by atoms with Gasteiger partial charge in [0.2, 0.25) is 0 Å². The number of hydrogen-bond acceptors (Lipinski definition) is 4. The van der Waals surface area contributed by atoms with Crippen molar-refractivity contribution in [1.29, 1.82) is 0 Å². The third-order valence-electron chi connectivity index (χ3n) is 3.44. The summed E-state index contributed by atoms with van der Waals surface area (Å²) in [5, 5.41) is 4.56. The molecule has 0 unspecified atom stereocenters. The van der Waals surface area contributed by atoms with Crippen LogP contribution < -0.4 is 10.1 Å². The molecule has 1 aromatic heterocycles. The number of rotatable bonds is 8. The molecule has 2 aromatic rings. The van der Waals surface area contributed by atoms with E-state index in [1.54, 1.807) is 18.4 Å². The van der Waals surface area contributed by atoms with Crippen LogP contribution >= 0.6 is 11.3 Å². The maximum absolute atomic E-state index is 5.45. The highest BCUT2D eigenvalue weighted by Crippen LogP contribution is 2.34. The lowest BCUT2D eigenvalue weighted by atomic mass is 10.2. The predicted octanol–water partition coefficient (Wildman–Crippen LogP) is 4.27. The number of hydrogen-bond donors (Lipinski definition) is 1. The summed E-state index contributed by atoms with van der Waals surface area (Å²) < 4.78 is 5.45. The number of unbranched alkanes of at least 4 members (excludes halogenated alkanes) is 1. The Kier molecular flexibility index (Phi) is 6.21. The lowest BCUT2D eigenvalue weighted by Gasteiger charge is -2.04. The minimum absolute atomic E-state index is 0.888. The number of thiazole rings is 1. The molecule has 0 fully saturated rings. The Morgan fingerprint density at radius 2 is 2.05 bits per heavy atom. The van der Waals surface area contributed by atoms with Gasteiger partial charge in [-0.05, 0) is 31.5 Å². The van der Waals surface area contributed by atoms with Crippen LogP contribution in [0, 0.1) is 0 Å². The SMILES string of the molecule is CCCCNCc1sc(-c2ccccc2OC)nc1CC. The van der Waals surface area contributed by atoms with Crippen molar-refractivity contribution in [2.24, 2.45) is 0 Å². The molecule has 1 N–H and O–H groups in total. The summed E-state index contributed by atoms with van der Waals surface area (Å²) in [4.78, 5) is 6.15. The second-order valence-corrected chi connectivity index (χ2v) is 6.06. The average Bonchev–Trinajstić information content (AvgIpc) is 2.94. The summed E-state index contributed by atoms with van der Waals surface area (Å²) in [7, 11) is 1.71. The summed E-state index contributed by atoms with van der Waals surface area (Å²) in [6.45, 7) is 6.36. The van der Waals surface area contributed by atoms with Crippen LogP contribution in [0.1, 0.15) is 37.3 Å². The fourth-order valence-electron chi connectivity index (χ4n) is 2.24. The highest BCUT2D eigenvalue weighted by atomic mass is 32.1. The molecule has 1 aromatic carbocycles. The number of aromatic nitrogens is 1.